The molecule has 5 aromatic rings. The van der Waals surface area contributed by atoms with Gasteiger partial charge < -0.3 is 19.1 Å². The molecule has 0 aliphatic heterocycles. The van der Waals surface area contributed by atoms with Gasteiger partial charge >= 0.3 is 0 Å². The van der Waals surface area contributed by atoms with Crippen molar-refractivity contribution >= 4 is 60.6 Å². The van der Waals surface area contributed by atoms with Crippen molar-refractivity contribution < 1.29 is 23.0 Å². The Morgan fingerprint density at radius 3 is 2.41 bits per heavy atom. The first-order chi connectivity index (χ1) is 18.6. The molecule has 11 heteroatoms. The summed E-state index contributed by atoms with van der Waals surface area (Å²) in [6, 6.07) is 16.2. The van der Waals surface area contributed by atoms with Gasteiger partial charge in [-0.15, -0.1) is 0 Å². The molecule has 3 aromatic carbocycles. The molecule has 0 radical (unpaired) electrons. The first-order valence-electron chi connectivity index (χ1n) is 11.8. The van der Waals surface area contributed by atoms with Crippen LogP contribution in [0.1, 0.15) is 11.1 Å². The SMILES string of the molecule is COc1ccc(COc2c3ncccc3c(N(C)S(C)(=O)=O)c3cn(Cc4ccc(Cl)c(Cl)c4)c(O)c23)cc1. The van der Waals surface area contributed by atoms with Gasteiger partial charge in [0.25, 0.3) is 0 Å². The first-order valence-corrected chi connectivity index (χ1v) is 14.4. The lowest BCUT2D eigenvalue weighted by Gasteiger charge is -2.21. The summed E-state index contributed by atoms with van der Waals surface area (Å²) in [6.07, 6.45) is 4.43. The molecule has 0 spiro atoms. The summed E-state index contributed by atoms with van der Waals surface area (Å²) in [5, 5.41) is 13.7. The lowest BCUT2D eigenvalue weighted by atomic mass is 10.1. The van der Waals surface area contributed by atoms with Crippen LogP contribution in [0.2, 0.25) is 10.0 Å². The van der Waals surface area contributed by atoms with E-state index in [0.29, 0.717) is 43.2 Å². The number of hydrogen-bond acceptors (Lipinski definition) is 6. The van der Waals surface area contributed by atoms with Crippen LogP contribution in [0.15, 0.2) is 67.0 Å². The third-order valence-corrected chi connectivity index (χ3v) is 8.42. The number of rotatable bonds is 8. The minimum absolute atomic E-state index is 0.100. The summed E-state index contributed by atoms with van der Waals surface area (Å²) in [7, 11) is -0.585. The number of hydrogen-bond donors (Lipinski definition) is 1. The van der Waals surface area contributed by atoms with Gasteiger partial charge in [0.1, 0.15) is 17.9 Å². The average Bonchev–Trinajstić information content (AvgIpc) is 3.23. The van der Waals surface area contributed by atoms with Gasteiger partial charge in [0, 0.05) is 30.2 Å². The molecule has 202 valence electrons. The smallest absolute Gasteiger partial charge is 0.232 e. The van der Waals surface area contributed by atoms with Gasteiger partial charge in [0.2, 0.25) is 15.9 Å². The Morgan fingerprint density at radius 1 is 1.03 bits per heavy atom. The fourth-order valence-electron chi connectivity index (χ4n) is 4.47. The molecule has 5 rings (SSSR count). The van der Waals surface area contributed by atoms with Crippen molar-refractivity contribution in [1.29, 1.82) is 0 Å². The third kappa shape index (κ3) is 5.17. The number of anilines is 1. The first kappa shape index (κ1) is 26.9. The van der Waals surface area contributed by atoms with E-state index >= 15 is 0 Å². The number of aromatic nitrogens is 2. The predicted octanol–water partition coefficient (Wildman–Crippen LogP) is 6.23. The number of sulfonamides is 1. The van der Waals surface area contributed by atoms with E-state index in [1.807, 2.05) is 24.3 Å². The van der Waals surface area contributed by atoms with Crippen LogP contribution in [-0.2, 0) is 23.2 Å². The van der Waals surface area contributed by atoms with Gasteiger partial charge in [-0.05, 0) is 47.5 Å². The summed E-state index contributed by atoms with van der Waals surface area (Å²) in [5.41, 5.74) is 2.48. The quantitative estimate of drug-likeness (QED) is 0.232. The Hall–Kier alpha value is -3.66. The summed E-state index contributed by atoms with van der Waals surface area (Å²) in [6.45, 7) is 0.435. The van der Waals surface area contributed by atoms with Gasteiger partial charge in [-0.1, -0.05) is 41.4 Å². The summed E-state index contributed by atoms with van der Waals surface area (Å²) in [5.74, 6) is 0.961. The van der Waals surface area contributed by atoms with Crippen LogP contribution >= 0.6 is 23.2 Å². The van der Waals surface area contributed by atoms with Gasteiger partial charge in [0.15, 0.2) is 5.75 Å². The molecule has 0 aliphatic carbocycles. The summed E-state index contributed by atoms with van der Waals surface area (Å²) < 4.78 is 39.7. The number of halogens is 2. The van der Waals surface area contributed by atoms with E-state index in [2.05, 4.69) is 4.98 Å². The van der Waals surface area contributed by atoms with Gasteiger partial charge in [-0.2, -0.15) is 0 Å². The predicted molar refractivity (Wildman–Crippen MR) is 155 cm³/mol. The maximum atomic E-state index is 12.7. The van der Waals surface area contributed by atoms with Crippen molar-refractivity contribution in [2.75, 3.05) is 24.7 Å². The van der Waals surface area contributed by atoms with Crippen molar-refractivity contribution in [3.63, 3.8) is 0 Å². The number of ether oxygens (including phenoxy) is 2. The molecular formula is C28H25Cl2N3O5S. The molecular weight excluding hydrogens is 561 g/mol. The molecule has 0 unspecified atom stereocenters. The molecule has 0 amide bonds. The van der Waals surface area contributed by atoms with Crippen molar-refractivity contribution in [3.8, 4) is 17.4 Å². The fourth-order valence-corrected chi connectivity index (χ4v) is 5.32. The number of benzene rings is 3. The Bertz CT molecular complexity index is 1800. The standard InChI is InChI=1S/C28H25Cl2N3O5S/c1-32(39(3,35)36)26-20-5-4-12-31-25(20)27(38-16-17-6-9-19(37-2)10-7-17)24-21(26)15-33(28(24)34)14-18-8-11-22(29)23(30)13-18/h4-13,15,34H,14,16H2,1-3H3. The number of nitrogens with zero attached hydrogens (tertiary/aromatic N) is 3. The van der Waals surface area contributed by atoms with E-state index in [-0.39, 0.29) is 19.0 Å². The van der Waals surface area contributed by atoms with Crippen LogP contribution in [-0.4, -0.2) is 43.5 Å². The minimum Gasteiger partial charge on any atom is -0.497 e. The van der Waals surface area contributed by atoms with E-state index in [9.17, 15) is 13.5 Å². The van der Waals surface area contributed by atoms with Crippen molar-refractivity contribution in [3.05, 3.63) is 88.2 Å². The van der Waals surface area contributed by atoms with E-state index in [1.54, 1.807) is 54.4 Å². The van der Waals surface area contributed by atoms with E-state index < -0.39 is 10.0 Å². The average molecular weight is 586 g/mol. The Morgan fingerprint density at radius 2 is 1.74 bits per heavy atom. The topological polar surface area (TPSA) is 93.9 Å². The second kappa shape index (κ2) is 10.5. The molecule has 8 nitrogen and oxygen atoms in total. The zero-order chi connectivity index (χ0) is 27.9. The van der Waals surface area contributed by atoms with Crippen LogP contribution < -0.4 is 13.8 Å². The van der Waals surface area contributed by atoms with Crippen LogP contribution in [0.5, 0.6) is 17.4 Å². The molecule has 0 atom stereocenters. The lowest BCUT2D eigenvalue weighted by Crippen LogP contribution is -2.25. The number of pyridine rings is 1. The molecule has 39 heavy (non-hydrogen) atoms. The molecule has 0 fully saturated rings. The fraction of sp³-hybridized carbons (Fsp3) is 0.179. The van der Waals surface area contributed by atoms with Crippen LogP contribution in [0, 0.1) is 0 Å². The molecule has 0 bridgehead atoms. The lowest BCUT2D eigenvalue weighted by molar-refractivity contribution is 0.311. The van der Waals surface area contributed by atoms with Gasteiger partial charge in [-0.3, -0.25) is 9.29 Å². The van der Waals surface area contributed by atoms with E-state index in [4.69, 9.17) is 32.7 Å². The number of fused-ring (bicyclic) bond motifs is 2. The molecule has 0 saturated carbocycles. The van der Waals surface area contributed by atoms with E-state index in [1.165, 1.54) is 11.4 Å². The van der Waals surface area contributed by atoms with Crippen molar-refractivity contribution in [1.82, 2.24) is 9.55 Å². The minimum atomic E-state index is -3.66. The Labute approximate surface area is 236 Å². The zero-order valence-electron chi connectivity index (χ0n) is 21.4. The molecule has 0 aliphatic rings. The molecule has 0 saturated heterocycles. The highest BCUT2D eigenvalue weighted by Gasteiger charge is 2.27. The summed E-state index contributed by atoms with van der Waals surface area (Å²) >= 11 is 12.3. The van der Waals surface area contributed by atoms with E-state index in [0.717, 1.165) is 23.1 Å². The van der Waals surface area contributed by atoms with Crippen LogP contribution in [0.3, 0.4) is 0 Å². The Balaban J connectivity index is 1.72. The number of methoxy groups -OCH3 is 1. The highest BCUT2D eigenvalue weighted by Crippen LogP contribution is 2.47. The molecule has 1 N–H and O–H groups in total. The molecule has 2 aromatic heterocycles. The van der Waals surface area contributed by atoms with Crippen LogP contribution in [0.4, 0.5) is 5.69 Å². The van der Waals surface area contributed by atoms with Crippen LogP contribution in [0.25, 0.3) is 21.7 Å². The maximum absolute atomic E-state index is 12.7. The maximum Gasteiger partial charge on any atom is 0.232 e. The normalized spacial score (nSPS) is 11.7. The highest BCUT2D eigenvalue weighted by molar-refractivity contribution is 7.92. The monoisotopic (exact) mass is 585 g/mol. The zero-order valence-corrected chi connectivity index (χ0v) is 23.7. The van der Waals surface area contributed by atoms with Gasteiger partial charge in [0.05, 0.1) is 41.0 Å². The summed E-state index contributed by atoms with van der Waals surface area (Å²) in [4.78, 5) is 4.53. The Kier molecular flexibility index (Phi) is 7.24. The van der Waals surface area contributed by atoms with Gasteiger partial charge in [-0.25, -0.2) is 8.42 Å². The highest BCUT2D eigenvalue weighted by atomic mass is 35.5. The second-order valence-electron chi connectivity index (χ2n) is 9.06. The largest absolute Gasteiger partial charge is 0.497 e. The van der Waals surface area contributed by atoms with Crippen molar-refractivity contribution in [2.24, 2.45) is 0 Å². The molecule has 2 heterocycles. The third-order valence-electron chi connectivity index (χ3n) is 6.50. The van der Waals surface area contributed by atoms with Crippen molar-refractivity contribution in [2.45, 2.75) is 13.2 Å². The second-order valence-corrected chi connectivity index (χ2v) is 11.9. The number of aromatic hydroxyl groups is 1.